The predicted octanol–water partition coefficient (Wildman–Crippen LogP) is 3.70. The van der Waals surface area contributed by atoms with Gasteiger partial charge in [0.1, 0.15) is 5.82 Å². The molecule has 114 valence electrons. The lowest BCUT2D eigenvalue weighted by molar-refractivity contribution is 0.532. The van der Waals surface area contributed by atoms with E-state index < -0.39 is 0 Å². The maximum Gasteiger partial charge on any atom is 0.164 e. The molecule has 0 saturated carbocycles. The van der Waals surface area contributed by atoms with Crippen molar-refractivity contribution in [3.63, 3.8) is 0 Å². The van der Waals surface area contributed by atoms with Gasteiger partial charge in [-0.15, -0.1) is 0 Å². The van der Waals surface area contributed by atoms with Crippen molar-refractivity contribution in [2.45, 2.75) is 53.0 Å². The van der Waals surface area contributed by atoms with Gasteiger partial charge in [0, 0.05) is 30.5 Å². The van der Waals surface area contributed by atoms with Crippen LogP contribution in [-0.4, -0.2) is 26.3 Å². The highest BCUT2D eigenvalue weighted by Gasteiger charge is 2.10. The first kappa shape index (κ1) is 15.5. The summed E-state index contributed by atoms with van der Waals surface area (Å²) in [4.78, 5) is 9.29. The average molecular weight is 287 g/mol. The molecule has 0 saturated heterocycles. The number of aryl methyl sites for hydroxylation is 1. The number of nitrogens with zero attached hydrogens (tertiary/aromatic N) is 4. The number of hydrogen-bond donors (Lipinski definition) is 1. The van der Waals surface area contributed by atoms with Crippen LogP contribution in [0.25, 0.3) is 11.4 Å². The van der Waals surface area contributed by atoms with Crippen LogP contribution >= 0.6 is 0 Å². The Hall–Kier alpha value is -1.91. The minimum absolute atomic E-state index is 0.343. The number of hydrogen-bond acceptors (Lipinski definition) is 4. The molecule has 0 spiro atoms. The van der Waals surface area contributed by atoms with Crippen molar-refractivity contribution in [1.29, 1.82) is 0 Å². The molecule has 0 bridgehead atoms. The first-order valence-electron chi connectivity index (χ1n) is 7.80. The Bertz CT molecular complexity index is 574. The molecule has 0 aliphatic carbocycles. The van der Waals surface area contributed by atoms with Crippen LogP contribution in [0.3, 0.4) is 0 Å². The molecule has 0 radical (unpaired) electrons. The summed E-state index contributed by atoms with van der Waals surface area (Å²) in [5.74, 6) is 1.66. The standard InChI is InChI=1S/C16H25N5/c1-5-7-14-9-15(17-8-6-2)20-16(19-14)13-10-18-21(11-13)12(3)4/h9-12H,5-8H2,1-4H3,(H,17,19,20). The lowest BCUT2D eigenvalue weighted by Gasteiger charge is -2.08. The summed E-state index contributed by atoms with van der Waals surface area (Å²) in [7, 11) is 0. The van der Waals surface area contributed by atoms with Gasteiger partial charge in [-0.05, 0) is 26.7 Å². The van der Waals surface area contributed by atoms with Gasteiger partial charge in [0.05, 0.1) is 11.8 Å². The van der Waals surface area contributed by atoms with Crippen LogP contribution in [0.4, 0.5) is 5.82 Å². The molecule has 5 heteroatoms. The van der Waals surface area contributed by atoms with E-state index in [1.54, 1.807) is 0 Å². The molecule has 0 fully saturated rings. The van der Waals surface area contributed by atoms with E-state index in [1.807, 2.05) is 17.1 Å². The second kappa shape index (κ2) is 7.20. The second-order valence-corrected chi connectivity index (χ2v) is 5.55. The zero-order chi connectivity index (χ0) is 15.2. The van der Waals surface area contributed by atoms with Gasteiger partial charge in [0.25, 0.3) is 0 Å². The van der Waals surface area contributed by atoms with Crippen molar-refractivity contribution in [2.24, 2.45) is 0 Å². The smallest absolute Gasteiger partial charge is 0.164 e. The fraction of sp³-hybridized carbons (Fsp3) is 0.562. The molecule has 5 nitrogen and oxygen atoms in total. The monoisotopic (exact) mass is 287 g/mol. The zero-order valence-electron chi connectivity index (χ0n) is 13.4. The summed E-state index contributed by atoms with van der Waals surface area (Å²) in [5, 5.41) is 7.73. The topological polar surface area (TPSA) is 55.6 Å². The normalized spacial score (nSPS) is 11.1. The summed E-state index contributed by atoms with van der Waals surface area (Å²) in [5.41, 5.74) is 2.06. The van der Waals surface area contributed by atoms with E-state index in [1.165, 1.54) is 0 Å². The summed E-state index contributed by atoms with van der Waals surface area (Å²) >= 11 is 0. The lowest BCUT2D eigenvalue weighted by Crippen LogP contribution is -2.05. The molecule has 21 heavy (non-hydrogen) atoms. The van der Waals surface area contributed by atoms with Crippen LogP contribution in [0.1, 0.15) is 52.3 Å². The van der Waals surface area contributed by atoms with Crippen LogP contribution in [0.15, 0.2) is 18.5 Å². The third kappa shape index (κ3) is 4.03. The van der Waals surface area contributed by atoms with Gasteiger partial charge in [0.2, 0.25) is 0 Å². The van der Waals surface area contributed by atoms with Gasteiger partial charge in [-0.3, -0.25) is 4.68 Å². The van der Waals surface area contributed by atoms with E-state index in [2.05, 4.69) is 54.1 Å². The minimum Gasteiger partial charge on any atom is -0.370 e. The lowest BCUT2D eigenvalue weighted by atomic mass is 10.2. The van der Waals surface area contributed by atoms with Crippen LogP contribution in [0, 0.1) is 0 Å². The van der Waals surface area contributed by atoms with Crippen molar-refractivity contribution >= 4 is 5.82 Å². The fourth-order valence-electron chi connectivity index (χ4n) is 2.09. The van der Waals surface area contributed by atoms with Crippen molar-refractivity contribution in [3.8, 4) is 11.4 Å². The minimum atomic E-state index is 0.343. The van der Waals surface area contributed by atoms with Crippen molar-refractivity contribution in [3.05, 3.63) is 24.2 Å². The molecule has 1 N–H and O–H groups in total. The molecule has 2 heterocycles. The number of aromatic nitrogens is 4. The largest absolute Gasteiger partial charge is 0.370 e. The zero-order valence-corrected chi connectivity index (χ0v) is 13.4. The Kier molecular flexibility index (Phi) is 5.31. The first-order valence-corrected chi connectivity index (χ1v) is 7.80. The molecule has 0 aromatic carbocycles. The Labute approximate surface area is 126 Å². The van der Waals surface area contributed by atoms with Crippen LogP contribution in [-0.2, 0) is 6.42 Å². The van der Waals surface area contributed by atoms with E-state index in [4.69, 9.17) is 0 Å². The van der Waals surface area contributed by atoms with Gasteiger partial charge in [-0.1, -0.05) is 20.3 Å². The Morgan fingerprint density at radius 1 is 1.19 bits per heavy atom. The van der Waals surface area contributed by atoms with Gasteiger partial charge in [-0.2, -0.15) is 5.10 Å². The quantitative estimate of drug-likeness (QED) is 0.843. The fourth-order valence-corrected chi connectivity index (χ4v) is 2.09. The Balaban J connectivity index is 2.33. The van der Waals surface area contributed by atoms with Crippen LogP contribution in [0.2, 0.25) is 0 Å². The molecule has 2 rings (SSSR count). The third-order valence-electron chi connectivity index (χ3n) is 3.23. The third-order valence-corrected chi connectivity index (χ3v) is 3.23. The second-order valence-electron chi connectivity index (χ2n) is 5.55. The Morgan fingerprint density at radius 3 is 2.62 bits per heavy atom. The van der Waals surface area contributed by atoms with Gasteiger partial charge >= 0.3 is 0 Å². The van der Waals surface area contributed by atoms with Crippen molar-refractivity contribution < 1.29 is 0 Å². The summed E-state index contributed by atoms with van der Waals surface area (Å²) < 4.78 is 1.93. The summed E-state index contributed by atoms with van der Waals surface area (Å²) in [6.45, 7) is 9.46. The van der Waals surface area contributed by atoms with E-state index >= 15 is 0 Å². The highest BCUT2D eigenvalue weighted by molar-refractivity contribution is 5.55. The molecule has 2 aromatic rings. The Morgan fingerprint density at radius 2 is 2.00 bits per heavy atom. The van der Waals surface area contributed by atoms with Crippen LogP contribution in [0.5, 0.6) is 0 Å². The molecule has 0 unspecified atom stereocenters. The summed E-state index contributed by atoms with van der Waals surface area (Å²) in [6, 6.07) is 2.39. The molecule has 0 amide bonds. The SMILES string of the molecule is CCCNc1cc(CCC)nc(-c2cnn(C(C)C)c2)n1. The number of anilines is 1. The van der Waals surface area contributed by atoms with Crippen molar-refractivity contribution in [1.82, 2.24) is 19.7 Å². The van der Waals surface area contributed by atoms with E-state index in [0.29, 0.717) is 6.04 Å². The number of nitrogens with one attached hydrogen (secondary N) is 1. The maximum atomic E-state index is 4.67. The summed E-state index contributed by atoms with van der Waals surface area (Å²) in [6.07, 6.45) is 6.98. The maximum absolute atomic E-state index is 4.67. The molecular formula is C16H25N5. The number of rotatable bonds is 7. The van der Waals surface area contributed by atoms with E-state index in [9.17, 15) is 0 Å². The predicted molar refractivity (Wildman–Crippen MR) is 86.4 cm³/mol. The highest BCUT2D eigenvalue weighted by Crippen LogP contribution is 2.19. The van der Waals surface area contributed by atoms with E-state index in [-0.39, 0.29) is 0 Å². The van der Waals surface area contributed by atoms with E-state index in [0.717, 1.165) is 48.7 Å². The van der Waals surface area contributed by atoms with Crippen LogP contribution < -0.4 is 5.32 Å². The van der Waals surface area contributed by atoms with Gasteiger partial charge in [0.15, 0.2) is 5.82 Å². The molecular weight excluding hydrogens is 262 g/mol. The first-order chi connectivity index (χ1) is 10.1. The molecule has 2 aromatic heterocycles. The van der Waals surface area contributed by atoms with Crippen molar-refractivity contribution in [2.75, 3.05) is 11.9 Å². The average Bonchev–Trinajstić information content (AvgIpc) is 2.95. The molecule has 0 atom stereocenters. The van der Waals surface area contributed by atoms with Gasteiger partial charge < -0.3 is 5.32 Å². The molecule has 0 aliphatic rings. The van der Waals surface area contributed by atoms with Gasteiger partial charge in [-0.25, -0.2) is 9.97 Å². The highest BCUT2D eigenvalue weighted by atomic mass is 15.3. The molecule has 0 aliphatic heterocycles.